The molecule has 2 aliphatic rings. The van der Waals surface area contributed by atoms with E-state index in [1.54, 1.807) is 0 Å². The maximum Gasteiger partial charge on any atom is 0.251 e. The Hall–Kier alpha value is -1.51. The number of likely N-dealkylation sites (N-methyl/N-ethyl adjacent to an activating group) is 1. The molecule has 0 radical (unpaired) electrons. The van der Waals surface area contributed by atoms with Gasteiger partial charge in [0.1, 0.15) is 12.1 Å². The monoisotopic (exact) mass is 352 g/mol. The van der Waals surface area contributed by atoms with Crippen LogP contribution in [0.1, 0.15) is 50.4 Å². The van der Waals surface area contributed by atoms with Crippen molar-refractivity contribution in [2.24, 2.45) is 5.92 Å². The first-order chi connectivity index (χ1) is 12.0. The Kier molecular flexibility index (Phi) is 6.03. The standard InChI is InChI=1S/C17H28N4O4/c1-11(2)15-19-17(25-20-15)14(12-4-7-23-8-5-12)18-16(22)13-10-21(3)6-9-24-13/h11-14H,4-10H2,1-3H3,(H,18,22)/t13-,14-/m1/s1. The average molecular weight is 352 g/mol. The molecule has 1 aromatic heterocycles. The summed E-state index contributed by atoms with van der Waals surface area (Å²) in [4.78, 5) is 19.3. The van der Waals surface area contributed by atoms with Crippen LogP contribution in [-0.2, 0) is 14.3 Å². The van der Waals surface area contributed by atoms with Gasteiger partial charge in [-0.3, -0.25) is 4.79 Å². The van der Waals surface area contributed by atoms with Crippen molar-refractivity contribution in [2.45, 2.75) is 44.8 Å². The van der Waals surface area contributed by atoms with E-state index in [2.05, 4.69) is 20.4 Å². The number of nitrogens with one attached hydrogen (secondary N) is 1. The average Bonchev–Trinajstić information content (AvgIpc) is 3.10. The van der Waals surface area contributed by atoms with Crippen LogP contribution >= 0.6 is 0 Å². The van der Waals surface area contributed by atoms with E-state index in [9.17, 15) is 4.79 Å². The number of rotatable bonds is 5. The Morgan fingerprint density at radius 1 is 1.28 bits per heavy atom. The van der Waals surface area contributed by atoms with E-state index in [1.807, 2.05) is 20.9 Å². The van der Waals surface area contributed by atoms with Gasteiger partial charge in [0.15, 0.2) is 5.82 Å². The van der Waals surface area contributed by atoms with Crippen molar-refractivity contribution in [3.63, 3.8) is 0 Å². The lowest BCUT2D eigenvalue weighted by molar-refractivity contribution is -0.139. The summed E-state index contributed by atoms with van der Waals surface area (Å²) in [6.45, 7) is 7.40. The third-order valence-electron chi connectivity index (χ3n) is 4.84. The van der Waals surface area contributed by atoms with Crippen molar-refractivity contribution in [1.82, 2.24) is 20.4 Å². The summed E-state index contributed by atoms with van der Waals surface area (Å²) in [6.07, 6.45) is 1.25. The fourth-order valence-electron chi connectivity index (χ4n) is 3.22. The van der Waals surface area contributed by atoms with Crippen LogP contribution in [0.15, 0.2) is 4.52 Å². The molecule has 0 aromatic carbocycles. The lowest BCUT2D eigenvalue weighted by Gasteiger charge is -2.32. The minimum atomic E-state index is -0.464. The second-order valence-electron chi connectivity index (χ2n) is 7.20. The Balaban J connectivity index is 1.74. The molecule has 8 heteroatoms. The molecule has 1 amide bonds. The molecule has 0 spiro atoms. The van der Waals surface area contributed by atoms with Crippen LogP contribution < -0.4 is 5.32 Å². The molecule has 2 fully saturated rings. The molecule has 3 heterocycles. The van der Waals surface area contributed by atoms with Crippen LogP contribution in [-0.4, -0.2) is 67.0 Å². The second-order valence-corrected chi connectivity index (χ2v) is 7.20. The third-order valence-corrected chi connectivity index (χ3v) is 4.84. The molecule has 0 bridgehead atoms. The minimum Gasteiger partial charge on any atom is -0.381 e. The first kappa shape index (κ1) is 18.3. The normalized spacial score (nSPS) is 24.4. The molecule has 3 rings (SSSR count). The van der Waals surface area contributed by atoms with Crippen LogP contribution in [0.2, 0.25) is 0 Å². The number of aromatic nitrogens is 2. The quantitative estimate of drug-likeness (QED) is 0.849. The van der Waals surface area contributed by atoms with E-state index in [1.165, 1.54) is 0 Å². The smallest absolute Gasteiger partial charge is 0.251 e. The van der Waals surface area contributed by atoms with Crippen LogP contribution in [0.25, 0.3) is 0 Å². The van der Waals surface area contributed by atoms with Gasteiger partial charge in [0.2, 0.25) is 5.89 Å². The SMILES string of the molecule is CC(C)c1noc([C@H](NC(=O)[C@H]2CN(C)CCO2)C2CCOCC2)n1. The zero-order valence-electron chi connectivity index (χ0n) is 15.2. The summed E-state index contributed by atoms with van der Waals surface area (Å²) in [5.41, 5.74) is 0. The van der Waals surface area contributed by atoms with Gasteiger partial charge in [-0.15, -0.1) is 0 Å². The summed E-state index contributed by atoms with van der Waals surface area (Å²) >= 11 is 0. The fraction of sp³-hybridized carbons (Fsp3) is 0.824. The van der Waals surface area contributed by atoms with Gasteiger partial charge in [0, 0.05) is 32.2 Å². The fourth-order valence-corrected chi connectivity index (χ4v) is 3.22. The van der Waals surface area contributed by atoms with E-state index in [4.69, 9.17) is 14.0 Å². The van der Waals surface area contributed by atoms with Gasteiger partial charge < -0.3 is 24.2 Å². The molecule has 0 saturated carbocycles. The highest BCUT2D eigenvalue weighted by molar-refractivity contribution is 5.81. The van der Waals surface area contributed by atoms with Gasteiger partial charge in [0.25, 0.3) is 5.91 Å². The van der Waals surface area contributed by atoms with Gasteiger partial charge in [-0.2, -0.15) is 4.98 Å². The molecule has 2 saturated heterocycles. The van der Waals surface area contributed by atoms with Crippen LogP contribution in [0, 0.1) is 5.92 Å². The van der Waals surface area contributed by atoms with Crippen molar-refractivity contribution < 1.29 is 18.8 Å². The molecule has 0 aliphatic carbocycles. The van der Waals surface area contributed by atoms with Crippen LogP contribution in [0.4, 0.5) is 0 Å². The number of carbonyl (C=O) groups excluding carboxylic acids is 1. The largest absolute Gasteiger partial charge is 0.381 e. The summed E-state index contributed by atoms with van der Waals surface area (Å²) in [7, 11) is 1.99. The predicted octanol–water partition coefficient (Wildman–Crippen LogP) is 1.11. The third kappa shape index (κ3) is 4.56. The first-order valence-electron chi connectivity index (χ1n) is 9.06. The minimum absolute atomic E-state index is 0.118. The Bertz CT molecular complexity index is 571. The molecular formula is C17H28N4O4. The highest BCUT2D eigenvalue weighted by Crippen LogP contribution is 2.30. The highest BCUT2D eigenvalue weighted by Gasteiger charge is 2.34. The lowest BCUT2D eigenvalue weighted by Crippen LogP contribution is -2.50. The number of nitrogens with zero attached hydrogens (tertiary/aromatic N) is 3. The lowest BCUT2D eigenvalue weighted by atomic mass is 9.91. The number of hydrogen-bond donors (Lipinski definition) is 1. The summed E-state index contributed by atoms with van der Waals surface area (Å²) < 4.78 is 16.6. The maximum absolute atomic E-state index is 12.7. The second kappa shape index (κ2) is 8.25. The topological polar surface area (TPSA) is 89.7 Å². The molecule has 2 aliphatic heterocycles. The van der Waals surface area contributed by atoms with Crippen molar-refractivity contribution >= 4 is 5.91 Å². The summed E-state index contributed by atoms with van der Waals surface area (Å²) in [6, 6.07) is -0.299. The summed E-state index contributed by atoms with van der Waals surface area (Å²) in [5, 5.41) is 7.16. The van der Waals surface area contributed by atoms with Gasteiger partial charge in [-0.1, -0.05) is 19.0 Å². The van der Waals surface area contributed by atoms with Gasteiger partial charge in [-0.05, 0) is 25.8 Å². The molecule has 1 aromatic rings. The van der Waals surface area contributed by atoms with E-state index >= 15 is 0 Å². The Labute approximate surface area is 148 Å². The molecular weight excluding hydrogens is 324 g/mol. The van der Waals surface area contributed by atoms with Crippen LogP contribution in [0.3, 0.4) is 0 Å². The zero-order valence-corrected chi connectivity index (χ0v) is 15.2. The molecule has 0 unspecified atom stereocenters. The van der Waals surface area contributed by atoms with E-state index in [0.717, 1.165) is 19.4 Å². The van der Waals surface area contributed by atoms with Crippen molar-refractivity contribution in [1.29, 1.82) is 0 Å². The number of ether oxygens (including phenoxy) is 2. The predicted molar refractivity (Wildman–Crippen MR) is 90.1 cm³/mol. The van der Waals surface area contributed by atoms with E-state index < -0.39 is 6.10 Å². The van der Waals surface area contributed by atoms with Crippen molar-refractivity contribution in [2.75, 3.05) is 40.0 Å². The van der Waals surface area contributed by atoms with Gasteiger partial charge in [0.05, 0.1) is 6.61 Å². The highest BCUT2D eigenvalue weighted by atomic mass is 16.5. The van der Waals surface area contributed by atoms with Crippen molar-refractivity contribution in [3.8, 4) is 0 Å². The number of morpholine rings is 1. The maximum atomic E-state index is 12.7. The Morgan fingerprint density at radius 3 is 2.68 bits per heavy atom. The van der Waals surface area contributed by atoms with Gasteiger partial charge in [-0.25, -0.2) is 0 Å². The zero-order chi connectivity index (χ0) is 17.8. The molecule has 2 atom stereocenters. The number of amides is 1. The van der Waals surface area contributed by atoms with Gasteiger partial charge >= 0.3 is 0 Å². The number of hydrogen-bond acceptors (Lipinski definition) is 7. The molecule has 140 valence electrons. The Morgan fingerprint density at radius 2 is 2.04 bits per heavy atom. The number of carbonyl (C=O) groups is 1. The van der Waals surface area contributed by atoms with Crippen LogP contribution in [0.5, 0.6) is 0 Å². The molecule has 8 nitrogen and oxygen atoms in total. The first-order valence-corrected chi connectivity index (χ1v) is 9.06. The van der Waals surface area contributed by atoms with E-state index in [-0.39, 0.29) is 23.8 Å². The van der Waals surface area contributed by atoms with E-state index in [0.29, 0.717) is 38.1 Å². The molecule has 25 heavy (non-hydrogen) atoms. The summed E-state index contributed by atoms with van der Waals surface area (Å²) in [5.74, 6) is 1.42. The molecule has 1 N–H and O–H groups in total. The van der Waals surface area contributed by atoms with Crippen molar-refractivity contribution in [3.05, 3.63) is 11.7 Å².